The second kappa shape index (κ2) is 12.8. The highest BCUT2D eigenvalue weighted by Gasteiger charge is 2.33. The van der Waals surface area contributed by atoms with Crippen LogP contribution in [0.2, 0.25) is 0 Å². The Morgan fingerprint density at radius 1 is 0.735 bits per heavy atom. The van der Waals surface area contributed by atoms with Gasteiger partial charge >= 0.3 is 11.9 Å². The van der Waals surface area contributed by atoms with Crippen LogP contribution in [0.15, 0.2) is 12.2 Å². The van der Waals surface area contributed by atoms with Crippen LogP contribution in [0.5, 0.6) is 0 Å². The van der Waals surface area contributed by atoms with Gasteiger partial charge in [0.2, 0.25) is 0 Å². The van der Waals surface area contributed by atoms with E-state index in [1.807, 2.05) is 12.2 Å². The molecule has 0 saturated carbocycles. The summed E-state index contributed by atoms with van der Waals surface area (Å²) in [6.45, 7) is 6.96. The molecular weight excluding hydrogens is 472 g/mol. The predicted octanol–water partition coefficient (Wildman–Crippen LogP) is 5.44. The van der Waals surface area contributed by atoms with Crippen molar-refractivity contribution >= 4 is 33.5 Å². The number of carboxylic acids is 2. The van der Waals surface area contributed by atoms with Crippen molar-refractivity contribution in [1.29, 1.82) is 0 Å². The Hall–Kier alpha value is -1.02. The van der Waals surface area contributed by atoms with Crippen molar-refractivity contribution in [2.45, 2.75) is 126 Å². The minimum Gasteiger partial charge on any atom is -0.481 e. The van der Waals surface area contributed by atoms with Gasteiger partial charge in [0, 0.05) is 32.1 Å². The van der Waals surface area contributed by atoms with E-state index >= 15 is 0 Å². The summed E-state index contributed by atoms with van der Waals surface area (Å²) in [5.74, 6) is -1.58. The Labute approximate surface area is 210 Å². The van der Waals surface area contributed by atoms with E-state index in [1.165, 1.54) is 0 Å². The van der Waals surface area contributed by atoms with Gasteiger partial charge in [0.05, 0.1) is 21.3 Å². The summed E-state index contributed by atoms with van der Waals surface area (Å²) in [6.07, 6.45) is 14.0. The van der Waals surface area contributed by atoms with Gasteiger partial charge in [-0.3, -0.25) is 18.0 Å². The van der Waals surface area contributed by atoms with Gasteiger partial charge < -0.3 is 10.2 Å². The average molecular weight is 517 g/mol. The normalized spacial score (nSPS) is 30.9. The third kappa shape index (κ3) is 8.28. The molecule has 2 fully saturated rings. The summed E-state index contributed by atoms with van der Waals surface area (Å²) in [4.78, 5) is 22.6. The zero-order chi connectivity index (χ0) is 25.5. The average Bonchev–Trinajstić information content (AvgIpc) is 2.75. The van der Waals surface area contributed by atoms with E-state index in [4.69, 9.17) is 0 Å². The van der Waals surface area contributed by atoms with Crippen molar-refractivity contribution in [2.24, 2.45) is 10.8 Å². The molecule has 196 valence electrons. The predicted molar refractivity (Wildman–Crippen MR) is 139 cm³/mol. The fraction of sp³-hybridized carbons (Fsp3) is 0.846. The van der Waals surface area contributed by atoms with Gasteiger partial charge in [0.1, 0.15) is 0 Å². The fourth-order valence-corrected chi connectivity index (χ4v) is 8.80. The van der Waals surface area contributed by atoms with Gasteiger partial charge in [0.25, 0.3) is 0 Å². The SMILES string of the molecule is CC(C)(CCCC1CCCC(/C=C\C2CCCC(CCCC(C)(C)C(=O)O)S2=O)S1=O)C(=O)O. The molecule has 8 heteroatoms. The smallest absolute Gasteiger partial charge is 0.309 e. The largest absolute Gasteiger partial charge is 0.481 e. The van der Waals surface area contributed by atoms with Crippen LogP contribution in [0.3, 0.4) is 0 Å². The number of carbonyl (C=O) groups is 2. The summed E-state index contributed by atoms with van der Waals surface area (Å²) in [6, 6.07) is 0. The van der Waals surface area contributed by atoms with Crippen molar-refractivity contribution in [2.75, 3.05) is 0 Å². The molecule has 2 aliphatic heterocycles. The molecule has 0 spiro atoms. The van der Waals surface area contributed by atoms with Crippen LogP contribution in [0, 0.1) is 10.8 Å². The lowest BCUT2D eigenvalue weighted by Crippen LogP contribution is -2.32. The van der Waals surface area contributed by atoms with Crippen LogP contribution in [0.1, 0.15) is 105 Å². The van der Waals surface area contributed by atoms with Gasteiger partial charge in [-0.05, 0) is 79.1 Å². The lowest BCUT2D eigenvalue weighted by atomic mass is 9.87. The second-order valence-corrected chi connectivity index (χ2v) is 15.2. The standard InChI is InChI=1S/C26H44O6S2/c1-25(2,23(27)28)17-7-13-19-9-5-11-21(33(19)31)15-16-22-12-6-10-20(34(22)32)14-8-18-26(3,4)24(29)30/h15-16,19-22H,5-14,17-18H2,1-4H3,(H,27,28)(H,29,30)/b16-15-. The van der Waals surface area contributed by atoms with Crippen LogP contribution in [0.25, 0.3) is 0 Å². The Morgan fingerprint density at radius 2 is 1.09 bits per heavy atom. The maximum atomic E-state index is 13.1. The Balaban J connectivity index is 1.87. The van der Waals surface area contributed by atoms with E-state index in [9.17, 15) is 28.2 Å². The van der Waals surface area contributed by atoms with E-state index < -0.39 is 44.4 Å². The summed E-state index contributed by atoms with van der Waals surface area (Å²) >= 11 is 0. The molecule has 0 aromatic carbocycles. The number of rotatable bonds is 12. The van der Waals surface area contributed by atoms with Crippen LogP contribution in [-0.4, -0.2) is 51.6 Å². The molecule has 2 aliphatic rings. The van der Waals surface area contributed by atoms with Gasteiger partial charge in [-0.2, -0.15) is 0 Å². The van der Waals surface area contributed by atoms with Crippen molar-refractivity contribution in [3.8, 4) is 0 Å². The summed E-state index contributed by atoms with van der Waals surface area (Å²) < 4.78 is 26.3. The highest BCUT2D eigenvalue weighted by Crippen LogP contribution is 2.32. The zero-order valence-corrected chi connectivity index (χ0v) is 22.9. The quantitative estimate of drug-likeness (QED) is 0.334. The van der Waals surface area contributed by atoms with Crippen LogP contribution in [0.4, 0.5) is 0 Å². The van der Waals surface area contributed by atoms with Gasteiger partial charge in [-0.15, -0.1) is 0 Å². The first-order chi connectivity index (χ1) is 15.8. The number of hydrogen-bond donors (Lipinski definition) is 2. The molecule has 2 saturated heterocycles. The summed E-state index contributed by atoms with van der Waals surface area (Å²) in [5, 5.41) is 18.8. The monoisotopic (exact) mass is 516 g/mol. The molecule has 6 nitrogen and oxygen atoms in total. The van der Waals surface area contributed by atoms with E-state index in [2.05, 4.69) is 0 Å². The minimum absolute atomic E-state index is 0.0139. The topological polar surface area (TPSA) is 109 Å². The lowest BCUT2D eigenvalue weighted by Gasteiger charge is -2.30. The summed E-state index contributed by atoms with van der Waals surface area (Å²) in [7, 11) is -1.97. The van der Waals surface area contributed by atoms with E-state index in [-0.39, 0.29) is 21.0 Å². The molecule has 2 N–H and O–H groups in total. The highest BCUT2D eigenvalue weighted by atomic mass is 32.2. The van der Waals surface area contributed by atoms with Crippen LogP contribution >= 0.6 is 0 Å². The minimum atomic E-state index is -0.987. The molecule has 6 atom stereocenters. The van der Waals surface area contributed by atoms with E-state index in [1.54, 1.807) is 27.7 Å². The Kier molecular flexibility index (Phi) is 11.0. The van der Waals surface area contributed by atoms with Crippen molar-refractivity contribution in [3.63, 3.8) is 0 Å². The lowest BCUT2D eigenvalue weighted by molar-refractivity contribution is -0.148. The van der Waals surface area contributed by atoms with Gasteiger partial charge in [-0.25, -0.2) is 0 Å². The highest BCUT2D eigenvalue weighted by molar-refractivity contribution is 7.86. The number of aliphatic carboxylic acids is 2. The molecule has 0 aromatic rings. The number of carboxylic acid groups (broad SMARTS) is 2. The zero-order valence-electron chi connectivity index (χ0n) is 21.3. The third-order valence-corrected chi connectivity index (χ3v) is 11.9. The molecule has 0 bridgehead atoms. The summed E-state index contributed by atoms with van der Waals surface area (Å²) in [5.41, 5.74) is -1.50. The molecule has 0 amide bonds. The first-order valence-electron chi connectivity index (χ1n) is 12.8. The van der Waals surface area contributed by atoms with Crippen LogP contribution in [-0.2, 0) is 31.2 Å². The second-order valence-electron chi connectivity index (χ2n) is 11.4. The van der Waals surface area contributed by atoms with E-state index in [0.29, 0.717) is 12.8 Å². The maximum absolute atomic E-state index is 13.1. The first kappa shape index (κ1) is 29.2. The van der Waals surface area contributed by atoms with Crippen molar-refractivity contribution in [1.82, 2.24) is 0 Å². The maximum Gasteiger partial charge on any atom is 0.309 e. The van der Waals surface area contributed by atoms with Gasteiger partial charge in [0.15, 0.2) is 0 Å². The van der Waals surface area contributed by atoms with Crippen molar-refractivity contribution in [3.05, 3.63) is 12.2 Å². The fourth-order valence-electron chi connectivity index (χ4n) is 4.93. The molecule has 6 unspecified atom stereocenters. The van der Waals surface area contributed by atoms with Gasteiger partial charge in [-0.1, -0.05) is 37.8 Å². The molecule has 34 heavy (non-hydrogen) atoms. The van der Waals surface area contributed by atoms with Crippen LogP contribution < -0.4 is 0 Å². The molecule has 0 aromatic heterocycles. The van der Waals surface area contributed by atoms with Crippen molar-refractivity contribution < 1.29 is 28.2 Å². The molecule has 2 heterocycles. The third-order valence-electron chi connectivity index (χ3n) is 7.64. The number of hydrogen-bond acceptors (Lipinski definition) is 4. The first-order valence-corrected chi connectivity index (χ1v) is 15.3. The molecule has 2 rings (SSSR count). The molecule has 0 radical (unpaired) electrons. The van der Waals surface area contributed by atoms with E-state index in [0.717, 1.165) is 64.2 Å². The Bertz CT molecular complexity index is 724. The molecule has 0 aliphatic carbocycles. The Morgan fingerprint density at radius 3 is 1.41 bits per heavy atom. The molecular formula is C26H44O6S2.